The van der Waals surface area contributed by atoms with Crippen molar-refractivity contribution in [3.8, 4) is 5.69 Å². The molecule has 2 aromatic rings. The van der Waals surface area contributed by atoms with Crippen molar-refractivity contribution in [2.24, 2.45) is 0 Å². The standard InChI is InChI=1S/C18H24N4O3/c1-11(2)14-8-6-7-9-15(14)22-13(5)19-17(20-22)18(25)21(12(3)4)10-16(23)24/h6-9,11-12H,10H2,1-5H3,(H,23,24). The minimum atomic E-state index is -1.07. The molecule has 0 fully saturated rings. The SMILES string of the molecule is Cc1nc(C(=O)N(CC(=O)O)C(C)C)nn1-c1ccccc1C(C)C. The van der Waals surface area contributed by atoms with Gasteiger partial charge in [0.15, 0.2) is 0 Å². The van der Waals surface area contributed by atoms with E-state index in [1.165, 1.54) is 4.90 Å². The number of amides is 1. The van der Waals surface area contributed by atoms with Crippen LogP contribution in [0.1, 0.15) is 55.6 Å². The Morgan fingerprint density at radius 2 is 1.84 bits per heavy atom. The molecule has 1 heterocycles. The first kappa shape index (κ1) is 18.6. The van der Waals surface area contributed by atoms with Crippen molar-refractivity contribution in [2.75, 3.05) is 6.54 Å². The van der Waals surface area contributed by atoms with E-state index >= 15 is 0 Å². The molecular weight excluding hydrogens is 320 g/mol. The van der Waals surface area contributed by atoms with Crippen LogP contribution in [-0.4, -0.2) is 49.2 Å². The minimum Gasteiger partial charge on any atom is -0.480 e. The fourth-order valence-electron chi connectivity index (χ4n) is 2.64. The Balaban J connectivity index is 2.43. The number of nitrogens with zero attached hydrogens (tertiary/aromatic N) is 4. The number of hydrogen-bond acceptors (Lipinski definition) is 4. The van der Waals surface area contributed by atoms with Gasteiger partial charge in [-0.25, -0.2) is 9.67 Å². The van der Waals surface area contributed by atoms with Crippen LogP contribution < -0.4 is 0 Å². The molecular formula is C18H24N4O3. The molecule has 134 valence electrons. The molecule has 0 saturated heterocycles. The number of rotatable bonds is 6. The van der Waals surface area contributed by atoms with Gasteiger partial charge in [0.25, 0.3) is 5.91 Å². The van der Waals surface area contributed by atoms with Gasteiger partial charge >= 0.3 is 5.97 Å². The first-order valence-corrected chi connectivity index (χ1v) is 8.28. The lowest BCUT2D eigenvalue weighted by Gasteiger charge is -2.23. The summed E-state index contributed by atoms with van der Waals surface area (Å²) in [5.74, 6) is -0.677. The third kappa shape index (κ3) is 4.04. The fraction of sp³-hybridized carbons (Fsp3) is 0.444. The van der Waals surface area contributed by atoms with Gasteiger partial charge in [-0.1, -0.05) is 32.0 Å². The average Bonchev–Trinajstić information content (AvgIpc) is 2.93. The molecule has 0 spiro atoms. The van der Waals surface area contributed by atoms with Crippen LogP contribution in [0.4, 0.5) is 0 Å². The largest absolute Gasteiger partial charge is 0.480 e. The lowest BCUT2D eigenvalue weighted by atomic mass is 10.0. The number of aromatic nitrogens is 3. The molecule has 1 amide bonds. The molecule has 7 nitrogen and oxygen atoms in total. The van der Waals surface area contributed by atoms with Crippen LogP contribution in [0.2, 0.25) is 0 Å². The summed E-state index contributed by atoms with van der Waals surface area (Å²) in [5, 5.41) is 13.4. The Labute approximate surface area is 147 Å². The van der Waals surface area contributed by atoms with Crippen LogP contribution in [0.25, 0.3) is 5.69 Å². The quantitative estimate of drug-likeness (QED) is 0.870. The molecule has 2 rings (SSSR count). The van der Waals surface area contributed by atoms with Crippen molar-refractivity contribution < 1.29 is 14.7 Å². The zero-order valence-corrected chi connectivity index (χ0v) is 15.2. The first-order chi connectivity index (χ1) is 11.7. The van der Waals surface area contributed by atoms with Crippen LogP contribution in [0.3, 0.4) is 0 Å². The number of para-hydroxylation sites is 1. The van der Waals surface area contributed by atoms with E-state index in [0.717, 1.165) is 11.3 Å². The van der Waals surface area contributed by atoms with Crippen LogP contribution in [0.15, 0.2) is 24.3 Å². The lowest BCUT2D eigenvalue weighted by Crippen LogP contribution is -2.41. The van der Waals surface area contributed by atoms with E-state index in [2.05, 4.69) is 23.9 Å². The summed E-state index contributed by atoms with van der Waals surface area (Å²) in [6.45, 7) is 9.09. The van der Waals surface area contributed by atoms with Gasteiger partial charge in [-0.15, -0.1) is 5.10 Å². The highest BCUT2D eigenvalue weighted by atomic mass is 16.4. The van der Waals surface area contributed by atoms with E-state index in [-0.39, 0.29) is 24.3 Å². The van der Waals surface area contributed by atoms with Crippen molar-refractivity contribution in [3.63, 3.8) is 0 Å². The van der Waals surface area contributed by atoms with Crippen molar-refractivity contribution in [2.45, 2.75) is 46.6 Å². The van der Waals surface area contributed by atoms with E-state index in [4.69, 9.17) is 5.11 Å². The Hall–Kier alpha value is -2.70. The Bertz CT molecular complexity index is 780. The number of aryl methyl sites for hydroxylation is 1. The fourth-order valence-corrected chi connectivity index (χ4v) is 2.64. The highest BCUT2D eigenvalue weighted by Gasteiger charge is 2.26. The number of hydrogen-bond donors (Lipinski definition) is 1. The molecule has 7 heteroatoms. The second-order valence-corrected chi connectivity index (χ2v) is 6.53. The molecule has 0 aliphatic rings. The van der Waals surface area contributed by atoms with Crippen molar-refractivity contribution in [3.05, 3.63) is 41.5 Å². The van der Waals surface area contributed by atoms with Gasteiger partial charge in [-0.3, -0.25) is 9.59 Å². The van der Waals surface area contributed by atoms with Gasteiger partial charge in [0, 0.05) is 6.04 Å². The first-order valence-electron chi connectivity index (χ1n) is 8.28. The predicted molar refractivity (Wildman–Crippen MR) is 94.0 cm³/mol. The summed E-state index contributed by atoms with van der Waals surface area (Å²) < 4.78 is 1.64. The summed E-state index contributed by atoms with van der Waals surface area (Å²) in [4.78, 5) is 29.2. The Morgan fingerprint density at radius 1 is 1.20 bits per heavy atom. The molecule has 0 radical (unpaired) electrons. The molecule has 0 bridgehead atoms. The maximum absolute atomic E-state index is 12.7. The normalized spacial score (nSPS) is 11.2. The Kier molecular flexibility index (Phi) is 5.56. The zero-order chi connectivity index (χ0) is 18.7. The third-order valence-electron chi connectivity index (χ3n) is 3.94. The molecule has 0 saturated carbocycles. The van der Waals surface area contributed by atoms with E-state index in [1.54, 1.807) is 25.5 Å². The highest BCUT2D eigenvalue weighted by molar-refractivity contribution is 5.92. The molecule has 1 aromatic heterocycles. The van der Waals surface area contributed by atoms with E-state index in [0.29, 0.717) is 5.82 Å². The number of carbonyl (C=O) groups excluding carboxylic acids is 1. The van der Waals surface area contributed by atoms with Gasteiger partial charge in [0.2, 0.25) is 5.82 Å². The van der Waals surface area contributed by atoms with Gasteiger partial charge in [0.1, 0.15) is 12.4 Å². The number of aliphatic carboxylic acids is 1. The highest BCUT2D eigenvalue weighted by Crippen LogP contribution is 2.23. The number of benzene rings is 1. The van der Waals surface area contributed by atoms with Crippen molar-refractivity contribution in [1.29, 1.82) is 0 Å². The molecule has 0 aliphatic carbocycles. The van der Waals surface area contributed by atoms with Crippen LogP contribution in [0, 0.1) is 6.92 Å². The minimum absolute atomic E-state index is 0.00556. The predicted octanol–water partition coefficient (Wildman–Crippen LogP) is 2.63. The van der Waals surface area contributed by atoms with Gasteiger partial charge in [-0.2, -0.15) is 0 Å². The Morgan fingerprint density at radius 3 is 2.40 bits per heavy atom. The molecule has 1 aromatic carbocycles. The lowest BCUT2D eigenvalue weighted by molar-refractivity contribution is -0.138. The van der Waals surface area contributed by atoms with Crippen LogP contribution >= 0.6 is 0 Å². The molecule has 0 aliphatic heterocycles. The third-order valence-corrected chi connectivity index (χ3v) is 3.94. The molecule has 0 unspecified atom stereocenters. The van der Waals surface area contributed by atoms with E-state index in [1.807, 2.05) is 24.3 Å². The van der Waals surface area contributed by atoms with Gasteiger partial charge in [-0.05, 0) is 38.3 Å². The van der Waals surface area contributed by atoms with Crippen molar-refractivity contribution >= 4 is 11.9 Å². The molecule has 0 atom stereocenters. The monoisotopic (exact) mass is 344 g/mol. The summed E-state index contributed by atoms with van der Waals surface area (Å²) in [6.07, 6.45) is 0. The maximum Gasteiger partial charge on any atom is 0.323 e. The van der Waals surface area contributed by atoms with Crippen LogP contribution in [0.5, 0.6) is 0 Å². The molecule has 1 N–H and O–H groups in total. The second kappa shape index (κ2) is 7.46. The van der Waals surface area contributed by atoms with E-state index in [9.17, 15) is 9.59 Å². The smallest absolute Gasteiger partial charge is 0.323 e. The topological polar surface area (TPSA) is 88.3 Å². The number of carbonyl (C=O) groups is 2. The van der Waals surface area contributed by atoms with E-state index < -0.39 is 11.9 Å². The summed E-state index contributed by atoms with van der Waals surface area (Å²) in [7, 11) is 0. The number of carboxylic acid groups (broad SMARTS) is 1. The maximum atomic E-state index is 12.7. The van der Waals surface area contributed by atoms with Crippen LogP contribution in [-0.2, 0) is 4.79 Å². The summed E-state index contributed by atoms with van der Waals surface area (Å²) >= 11 is 0. The molecule has 25 heavy (non-hydrogen) atoms. The van der Waals surface area contributed by atoms with Gasteiger partial charge < -0.3 is 10.0 Å². The second-order valence-electron chi connectivity index (χ2n) is 6.53. The zero-order valence-electron chi connectivity index (χ0n) is 15.2. The number of carboxylic acids is 1. The summed E-state index contributed by atoms with van der Waals surface area (Å²) in [6, 6.07) is 7.56. The van der Waals surface area contributed by atoms with Crippen molar-refractivity contribution in [1.82, 2.24) is 19.7 Å². The van der Waals surface area contributed by atoms with Gasteiger partial charge in [0.05, 0.1) is 5.69 Å². The summed E-state index contributed by atoms with van der Waals surface area (Å²) in [5.41, 5.74) is 1.97. The average molecular weight is 344 g/mol.